The van der Waals surface area contributed by atoms with E-state index >= 15 is 0 Å². The molecule has 1 aromatic rings. The maximum absolute atomic E-state index is 13.4. The SMILES string of the molecule is O=C1C(=Cc2cccc(F)c2)C2CCCC3CCCC1C32. The van der Waals surface area contributed by atoms with Crippen molar-refractivity contribution in [2.45, 2.75) is 38.5 Å². The Morgan fingerprint density at radius 3 is 2.57 bits per heavy atom. The summed E-state index contributed by atoms with van der Waals surface area (Å²) in [6, 6.07) is 6.60. The Labute approximate surface area is 125 Å². The predicted molar refractivity (Wildman–Crippen MR) is 81.0 cm³/mol. The van der Waals surface area contributed by atoms with E-state index in [0.717, 1.165) is 29.9 Å². The van der Waals surface area contributed by atoms with Crippen molar-refractivity contribution in [1.82, 2.24) is 0 Å². The van der Waals surface area contributed by atoms with Gasteiger partial charge in [-0.15, -0.1) is 0 Å². The molecule has 2 heteroatoms. The molecule has 0 saturated heterocycles. The van der Waals surface area contributed by atoms with Crippen LogP contribution in [0.4, 0.5) is 4.39 Å². The fourth-order valence-corrected chi connectivity index (χ4v) is 5.07. The van der Waals surface area contributed by atoms with Crippen molar-refractivity contribution in [1.29, 1.82) is 0 Å². The fourth-order valence-electron chi connectivity index (χ4n) is 5.07. The molecule has 110 valence electrons. The van der Waals surface area contributed by atoms with E-state index in [9.17, 15) is 9.18 Å². The van der Waals surface area contributed by atoms with Gasteiger partial charge in [-0.1, -0.05) is 37.8 Å². The molecule has 0 N–H and O–H groups in total. The summed E-state index contributed by atoms with van der Waals surface area (Å²) in [6.07, 6.45) is 9.23. The minimum atomic E-state index is -0.228. The lowest BCUT2D eigenvalue weighted by Crippen LogP contribution is -2.33. The molecular formula is C19H21FO. The third-order valence-electron chi connectivity index (χ3n) is 5.85. The average molecular weight is 284 g/mol. The van der Waals surface area contributed by atoms with Gasteiger partial charge in [0.2, 0.25) is 0 Å². The van der Waals surface area contributed by atoms with Crippen LogP contribution in [0.3, 0.4) is 0 Å². The lowest BCUT2D eigenvalue weighted by atomic mass is 9.64. The minimum Gasteiger partial charge on any atom is -0.294 e. The second-order valence-corrected chi connectivity index (χ2v) is 6.93. The summed E-state index contributed by atoms with van der Waals surface area (Å²) in [5.41, 5.74) is 1.82. The molecule has 0 aliphatic heterocycles. The summed E-state index contributed by atoms with van der Waals surface area (Å²) in [5, 5.41) is 0. The number of rotatable bonds is 1. The molecule has 0 heterocycles. The molecule has 3 saturated carbocycles. The molecule has 1 nitrogen and oxygen atoms in total. The molecular weight excluding hydrogens is 263 g/mol. The third-order valence-corrected chi connectivity index (χ3v) is 5.85. The van der Waals surface area contributed by atoms with Crippen molar-refractivity contribution in [2.24, 2.45) is 23.7 Å². The number of hydrogen-bond acceptors (Lipinski definition) is 1. The van der Waals surface area contributed by atoms with Gasteiger partial charge in [0, 0.05) is 5.92 Å². The Balaban J connectivity index is 1.73. The fraction of sp³-hybridized carbons (Fsp3) is 0.526. The number of ketones is 1. The van der Waals surface area contributed by atoms with E-state index in [2.05, 4.69) is 0 Å². The monoisotopic (exact) mass is 284 g/mol. The smallest absolute Gasteiger partial charge is 0.162 e. The lowest BCUT2D eigenvalue weighted by molar-refractivity contribution is -0.119. The summed E-state index contributed by atoms with van der Waals surface area (Å²) >= 11 is 0. The van der Waals surface area contributed by atoms with E-state index in [0.29, 0.717) is 17.6 Å². The Morgan fingerprint density at radius 2 is 1.81 bits per heavy atom. The summed E-state index contributed by atoms with van der Waals surface area (Å²) in [4.78, 5) is 12.8. The molecule has 3 fully saturated rings. The zero-order valence-electron chi connectivity index (χ0n) is 12.2. The van der Waals surface area contributed by atoms with E-state index in [-0.39, 0.29) is 11.7 Å². The van der Waals surface area contributed by atoms with E-state index in [4.69, 9.17) is 0 Å². The number of hydrogen-bond donors (Lipinski definition) is 0. The summed E-state index contributed by atoms with van der Waals surface area (Å²) in [5.74, 6) is 2.16. The number of carbonyl (C=O) groups is 1. The first-order valence-electron chi connectivity index (χ1n) is 8.25. The largest absolute Gasteiger partial charge is 0.294 e. The average Bonchev–Trinajstić information content (AvgIpc) is 2.76. The summed E-state index contributed by atoms with van der Waals surface area (Å²) < 4.78 is 13.4. The highest BCUT2D eigenvalue weighted by Crippen LogP contribution is 2.55. The van der Waals surface area contributed by atoms with Crippen molar-refractivity contribution in [2.75, 3.05) is 0 Å². The molecule has 1 aromatic carbocycles. The van der Waals surface area contributed by atoms with Crippen LogP contribution in [0.5, 0.6) is 0 Å². The first-order valence-corrected chi connectivity index (χ1v) is 8.25. The Morgan fingerprint density at radius 1 is 1.05 bits per heavy atom. The maximum Gasteiger partial charge on any atom is 0.162 e. The van der Waals surface area contributed by atoms with Crippen LogP contribution in [0.15, 0.2) is 29.8 Å². The van der Waals surface area contributed by atoms with Gasteiger partial charge in [-0.3, -0.25) is 4.79 Å². The third kappa shape index (κ3) is 2.16. The number of allylic oxidation sites excluding steroid dienone is 1. The molecule has 0 radical (unpaired) electrons. The minimum absolute atomic E-state index is 0.228. The van der Waals surface area contributed by atoms with Gasteiger partial charge < -0.3 is 0 Å². The zero-order chi connectivity index (χ0) is 14.4. The van der Waals surface area contributed by atoms with Gasteiger partial charge in [0.25, 0.3) is 0 Å². The van der Waals surface area contributed by atoms with Crippen LogP contribution in [0, 0.1) is 29.5 Å². The van der Waals surface area contributed by atoms with Crippen LogP contribution in [0.25, 0.3) is 6.08 Å². The van der Waals surface area contributed by atoms with Crippen LogP contribution in [-0.4, -0.2) is 5.78 Å². The second-order valence-electron chi connectivity index (χ2n) is 6.93. The van der Waals surface area contributed by atoms with Crippen LogP contribution >= 0.6 is 0 Å². The van der Waals surface area contributed by atoms with Crippen LogP contribution in [-0.2, 0) is 4.79 Å². The maximum atomic E-state index is 13.4. The molecule has 0 spiro atoms. The van der Waals surface area contributed by atoms with Crippen LogP contribution < -0.4 is 0 Å². The molecule has 3 aliphatic carbocycles. The highest BCUT2D eigenvalue weighted by molar-refractivity contribution is 6.04. The summed E-state index contributed by atoms with van der Waals surface area (Å²) in [6.45, 7) is 0. The number of carbonyl (C=O) groups excluding carboxylic acids is 1. The van der Waals surface area contributed by atoms with Crippen molar-refractivity contribution in [3.63, 3.8) is 0 Å². The Kier molecular flexibility index (Phi) is 3.20. The van der Waals surface area contributed by atoms with E-state index in [1.165, 1.54) is 37.8 Å². The highest BCUT2D eigenvalue weighted by Gasteiger charge is 2.51. The van der Waals surface area contributed by atoms with Gasteiger partial charge in [0.05, 0.1) is 0 Å². The number of halogens is 1. The molecule has 4 atom stereocenters. The van der Waals surface area contributed by atoms with Gasteiger partial charge in [-0.05, 0) is 59.9 Å². The first-order chi connectivity index (χ1) is 10.2. The zero-order valence-corrected chi connectivity index (χ0v) is 12.2. The normalized spacial score (nSPS) is 36.8. The summed E-state index contributed by atoms with van der Waals surface area (Å²) in [7, 11) is 0. The van der Waals surface area contributed by atoms with Crippen LogP contribution in [0.1, 0.15) is 44.1 Å². The Hall–Kier alpha value is -1.44. The van der Waals surface area contributed by atoms with Crippen molar-refractivity contribution >= 4 is 11.9 Å². The van der Waals surface area contributed by atoms with Crippen molar-refractivity contribution in [3.05, 3.63) is 41.2 Å². The lowest BCUT2D eigenvalue weighted by Gasteiger charge is -2.39. The van der Waals surface area contributed by atoms with E-state index < -0.39 is 0 Å². The van der Waals surface area contributed by atoms with Gasteiger partial charge in [0.15, 0.2) is 5.78 Å². The van der Waals surface area contributed by atoms with Crippen LogP contribution in [0.2, 0.25) is 0 Å². The molecule has 4 rings (SSSR count). The quantitative estimate of drug-likeness (QED) is 0.687. The van der Waals surface area contributed by atoms with Gasteiger partial charge in [-0.25, -0.2) is 4.39 Å². The standard InChI is InChI=1S/C19H21FO/c20-14-7-1-4-12(10-14)11-17-15-8-2-5-13-6-3-9-16(18(13)15)19(17)21/h1,4,7,10-11,13,15-16,18H,2-3,5-6,8-9H2. The van der Waals surface area contributed by atoms with Crippen molar-refractivity contribution < 1.29 is 9.18 Å². The molecule has 0 bridgehead atoms. The topological polar surface area (TPSA) is 17.1 Å². The van der Waals surface area contributed by atoms with Gasteiger partial charge >= 0.3 is 0 Å². The van der Waals surface area contributed by atoms with Crippen molar-refractivity contribution in [3.8, 4) is 0 Å². The number of Topliss-reactive ketones (excluding diaryl/α,β-unsaturated/α-hetero) is 1. The first kappa shape index (κ1) is 13.2. The second kappa shape index (κ2) is 5.08. The van der Waals surface area contributed by atoms with Gasteiger partial charge in [-0.2, -0.15) is 0 Å². The van der Waals surface area contributed by atoms with E-state index in [1.807, 2.05) is 12.1 Å². The van der Waals surface area contributed by atoms with E-state index in [1.54, 1.807) is 6.07 Å². The molecule has 0 amide bonds. The number of benzene rings is 1. The molecule has 3 aliphatic rings. The molecule has 4 unspecified atom stereocenters. The molecule has 0 aromatic heterocycles. The molecule has 21 heavy (non-hydrogen) atoms. The van der Waals surface area contributed by atoms with Gasteiger partial charge in [0.1, 0.15) is 5.82 Å². The predicted octanol–water partition coefficient (Wildman–Crippen LogP) is 4.62. The Bertz CT molecular complexity index is 601. The highest BCUT2D eigenvalue weighted by atomic mass is 19.1.